The van der Waals surface area contributed by atoms with Crippen molar-refractivity contribution >= 4 is 17.9 Å². The number of rotatable bonds is 7. The number of ether oxygens (including phenoxy) is 1. The van der Waals surface area contributed by atoms with Crippen LogP contribution in [0.1, 0.15) is 92.0 Å². The number of alkyl carbamates (subject to hydrolysis) is 1. The molecule has 0 saturated heterocycles. The van der Waals surface area contributed by atoms with Crippen LogP contribution in [-0.4, -0.2) is 46.0 Å². The largest absolute Gasteiger partial charge is 0.444 e. The summed E-state index contributed by atoms with van der Waals surface area (Å²) < 4.78 is 5.41. The molecule has 1 aromatic rings. The molecule has 192 valence electrons. The number of carbonyl (C=O) groups is 3. The predicted octanol–water partition coefficient (Wildman–Crippen LogP) is 5.05. The molecule has 0 heterocycles. The first kappa shape index (κ1) is 29.5. The van der Waals surface area contributed by atoms with Gasteiger partial charge >= 0.3 is 6.09 Å². The molecule has 0 saturated carbocycles. The SMILES string of the molecule is Cc1cc(C)cc(C(C(=O)NC(C)C)N(C(=O)C(NC(=O)OC(C)(C)C)C(C)C)C(C)(C)C)c1. The third-order valence-corrected chi connectivity index (χ3v) is 5.06. The van der Waals surface area contributed by atoms with Crippen molar-refractivity contribution in [2.24, 2.45) is 5.92 Å². The van der Waals surface area contributed by atoms with Crippen LogP contribution >= 0.6 is 0 Å². The molecule has 7 heteroatoms. The van der Waals surface area contributed by atoms with E-state index < -0.39 is 29.3 Å². The number of hydrogen-bond donors (Lipinski definition) is 2. The maximum atomic E-state index is 14.1. The van der Waals surface area contributed by atoms with E-state index in [9.17, 15) is 14.4 Å². The van der Waals surface area contributed by atoms with E-state index in [0.29, 0.717) is 0 Å². The molecule has 0 bridgehead atoms. The van der Waals surface area contributed by atoms with Crippen molar-refractivity contribution in [1.82, 2.24) is 15.5 Å². The maximum Gasteiger partial charge on any atom is 0.408 e. The summed E-state index contributed by atoms with van der Waals surface area (Å²) in [4.78, 5) is 41.8. The van der Waals surface area contributed by atoms with Gasteiger partial charge < -0.3 is 20.3 Å². The third kappa shape index (κ3) is 8.65. The zero-order valence-corrected chi connectivity index (χ0v) is 23.1. The number of nitrogens with one attached hydrogen (secondary N) is 2. The standard InChI is InChI=1S/C27H45N3O4/c1-16(2)21(29-25(33)34-27(10,11)12)24(32)30(26(7,8)9)22(23(31)28-17(3)4)20-14-18(5)13-19(6)15-20/h13-17,21-22H,1-12H3,(H,28,31)(H,29,33). The molecule has 2 atom stereocenters. The molecule has 7 nitrogen and oxygen atoms in total. The molecule has 0 spiro atoms. The lowest BCUT2D eigenvalue weighted by molar-refractivity contribution is -0.149. The molecule has 0 radical (unpaired) electrons. The van der Waals surface area contributed by atoms with Gasteiger partial charge in [-0.05, 0) is 80.7 Å². The van der Waals surface area contributed by atoms with Crippen LogP contribution in [0.2, 0.25) is 0 Å². The Morgan fingerprint density at radius 2 is 1.35 bits per heavy atom. The number of benzene rings is 1. The van der Waals surface area contributed by atoms with Gasteiger partial charge in [-0.1, -0.05) is 43.2 Å². The van der Waals surface area contributed by atoms with Crippen molar-refractivity contribution in [3.8, 4) is 0 Å². The fourth-order valence-corrected chi connectivity index (χ4v) is 3.89. The summed E-state index contributed by atoms with van der Waals surface area (Å²) in [6.07, 6.45) is -0.664. The van der Waals surface area contributed by atoms with Crippen LogP contribution in [0.4, 0.5) is 4.79 Å². The average Bonchev–Trinajstić information content (AvgIpc) is 2.59. The van der Waals surface area contributed by atoms with Crippen LogP contribution in [0, 0.1) is 19.8 Å². The van der Waals surface area contributed by atoms with Crippen LogP contribution in [0.25, 0.3) is 0 Å². The highest BCUT2D eigenvalue weighted by atomic mass is 16.6. The van der Waals surface area contributed by atoms with E-state index >= 15 is 0 Å². The lowest BCUT2D eigenvalue weighted by Crippen LogP contribution is -2.60. The Labute approximate surface area is 206 Å². The maximum absolute atomic E-state index is 14.1. The molecule has 0 aromatic heterocycles. The predicted molar refractivity (Wildman–Crippen MR) is 137 cm³/mol. The number of hydrogen-bond acceptors (Lipinski definition) is 4. The first-order chi connectivity index (χ1) is 15.3. The number of amides is 3. The molecule has 1 rings (SSSR count). The van der Waals surface area contributed by atoms with Crippen molar-refractivity contribution < 1.29 is 19.1 Å². The van der Waals surface area contributed by atoms with E-state index in [1.807, 2.05) is 80.5 Å². The first-order valence-corrected chi connectivity index (χ1v) is 12.0. The van der Waals surface area contributed by atoms with E-state index in [2.05, 4.69) is 10.6 Å². The number of carbonyl (C=O) groups excluding carboxylic acids is 3. The van der Waals surface area contributed by atoms with Gasteiger partial charge in [0.15, 0.2) is 0 Å². The third-order valence-electron chi connectivity index (χ3n) is 5.06. The Balaban J connectivity index is 3.61. The molecule has 0 fully saturated rings. The molecular weight excluding hydrogens is 430 g/mol. The number of aryl methyl sites for hydroxylation is 2. The van der Waals surface area contributed by atoms with Gasteiger partial charge in [0.25, 0.3) is 0 Å². The minimum absolute atomic E-state index is 0.0985. The van der Waals surface area contributed by atoms with Crippen molar-refractivity contribution in [3.63, 3.8) is 0 Å². The molecule has 1 aromatic carbocycles. The quantitative estimate of drug-likeness (QED) is 0.578. The summed E-state index contributed by atoms with van der Waals surface area (Å²) >= 11 is 0. The zero-order chi connectivity index (χ0) is 26.6. The second kappa shape index (κ2) is 11.2. The summed E-state index contributed by atoms with van der Waals surface area (Å²) in [5.74, 6) is -0.822. The fraction of sp³-hybridized carbons (Fsp3) is 0.667. The van der Waals surface area contributed by atoms with Crippen molar-refractivity contribution in [2.75, 3.05) is 0 Å². The van der Waals surface area contributed by atoms with Gasteiger partial charge in [0.1, 0.15) is 17.7 Å². The molecular formula is C27H45N3O4. The second-order valence-electron chi connectivity index (χ2n) is 11.7. The topological polar surface area (TPSA) is 87.7 Å². The van der Waals surface area contributed by atoms with Gasteiger partial charge in [0, 0.05) is 11.6 Å². The molecule has 2 unspecified atom stereocenters. The second-order valence-corrected chi connectivity index (χ2v) is 11.7. The minimum Gasteiger partial charge on any atom is -0.444 e. The Morgan fingerprint density at radius 1 is 0.853 bits per heavy atom. The Kier molecular flexibility index (Phi) is 9.74. The summed E-state index contributed by atoms with van der Waals surface area (Å²) in [5, 5.41) is 5.73. The lowest BCUT2D eigenvalue weighted by atomic mass is 9.91. The van der Waals surface area contributed by atoms with Gasteiger partial charge in [0.05, 0.1) is 0 Å². The molecule has 2 N–H and O–H groups in total. The Hall–Kier alpha value is -2.57. The van der Waals surface area contributed by atoms with Gasteiger partial charge in [0.2, 0.25) is 11.8 Å². The molecule has 0 aliphatic rings. The zero-order valence-electron chi connectivity index (χ0n) is 23.1. The van der Waals surface area contributed by atoms with Gasteiger partial charge in [-0.25, -0.2) is 4.79 Å². The normalized spacial score (nSPS) is 13.9. The highest BCUT2D eigenvalue weighted by Crippen LogP contribution is 2.32. The molecule has 3 amide bonds. The van der Waals surface area contributed by atoms with Crippen molar-refractivity contribution in [3.05, 3.63) is 34.9 Å². The first-order valence-electron chi connectivity index (χ1n) is 12.0. The highest BCUT2D eigenvalue weighted by Gasteiger charge is 2.42. The van der Waals surface area contributed by atoms with Gasteiger partial charge in [-0.3, -0.25) is 9.59 Å². The van der Waals surface area contributed by atoms with E-state index in [4.69, 9.17) is 4.74 Å². The average molecular weight is 476 g/mol. The number of nitrogens with zero attached hydrogens (tertiary/aromatic N) is 1. The highest BCUT2D eigenvalue weighted by molar-refractivity contribution is 5.93. The summed E-state index contributed by atoms with van der Waals surface area (Å²) in [5.41, 5.74) is 1.34. The summed E-state index contributed by atoms with van der Waals surface area (Å²) in [6, 6.07) is 4.08. The lowest BCUT2D eigenvalue weighted by Gasteiger charge is -2.44. The smallest absolute Gasteiger partial charge is 0.408 e. The molecule has 34 heavy (non-hydrogen) atoms. The van der Waals surface area contributed by atoms with E-state index in [0.717, 1.165) is 16.7 Å². The van der Waals surface area contributed by atoms with Crippen LogP contribution in [-0.2, 0) is 14.3 Å². The van der Waals surface area contributed by atoms with E-state index in [1.165, 1.54) is 0 Å². The summed E-state index contributed by atoms with van der Waals surface area (Å²) in [7, 11) is 0. The van der Waals surface area contributed by atoms with E-state index in [-0.39, 0.29) is 23.8 Å². The fourth-order valence-electron chi connectivity index (χ4n) is 3.89. The Morgan fingerprint density at radius 3 is 1.74 bits per heavy atom. The molecule has 0 aliphatic carbocycles. The van der Waals surface area contributed by atoms with Crippen LogP contribution in [0.5, 0.6) is 0 Å². The van der Waals surface area contributed by atoms with E-state index in [1.54, 1.807) is 25.7 Å². The van der Waals surface area contributed by atoms with Crippen LogP contribution in [0.3, 0.4) is 0 Å². The van der Waals surface area contributed by atoms with Crippen molar-refractivity contribution in [2.45, 2.75) is 112 Å². The van der Waals surface area contributed by atoms with Crippen LogP contribution < -0.4 is 10.6 Å². The summed E-state index contributed by atoms with van der Waals surface area (Å²) in [6.45, 7) is 22.4. The van der Waals surface area contributed by atoms with Crippen molar-refractivity contribution in [1.29, 1.82) is 0 Å². The van der Waals surface area contributed by atoms with Gasteiger partial charge in [-0.15, -0.1) is 0 Å². The Bertz CT molecular complexity index is 859. The molecule has 0 aliphatic heterocycles. The van der Waals surface area contributed by atoms with Gasteiger partial charge in [-0.2, -0.15) is 0 Å². The van der Waals surface area contributed by atoms with Crippen LogP contribution in [0.15, 0.2) is 18.2 Å². The monoisotopic (exact) mass is 475 g/mol. The minimum atomic E-state index is -0.866.